The molecule has 0 radical (unpaired) electrons. The lowest BCUT2D eigenvalue weighted by molar-refractivity contribution is -0.139. The third-order valence-electron chi connectivity index (χ3n) is 6.66. The number of anilines is 1. The molecule has 9 nitrogen and oxygen atoms in total. The maximum absolute atomic E-state index is 14.3. The molecule has 11 heteroatoms. The fraction of sp³-hybridized carbons (Fsp3) is 0.720. The van der Waals surface area contributed by atoms with Crippen LogP contribution in [0.3, 0.4) is 0 Å². The standard InChI is InChI=1S/C25H39F2N5O4/c1-36-17-20(27)15-31(12-3-2-6-21-8-7-18-5-4-11-28-23(18)29-21)13-10-22(24(33)34)30-25(35)32-14-9-19(26)16-32/h7-8,19-20,22H,2-6,9-17H2,1H3,(H,28,29)(H,30,35)(H,33,34). The number of carboxylic acids is 1. The maximum Gasteiger partial charge on any atom is 0.326 e. The number of urea groups is 1. The van der Waals surface area contributed by atoms with Gasteiger partial charge in [-0.15, -0.1) is 0 Å². The highest BCUT2D eigenvalue weighted by atomic mass is 19.1. The Hall–Kier alpha value is -2.53. The number of aromatic nitrogens is 1. The van der Waals surface area contributed by atoms with E-state index in [2.05, 4.69) is 22.8 Å². The minimum atomic E-state index is -1.20. The van der Waals surface area contributed by atoms with E-state index in [-0.39, 0.29) is 39.1 Å². The highest BCUT2D eigenvalue weighted by Crippen LogP contribution is 2.20. The Morgan fingerprint density at radius 1 is 1.36 bits per heavy atom. The van der Waals surface area contributed by atoms with Crippen molar-refractivity contribution in [1.29, 1.82) is 0 Å². The van der Waals surface area contributed by atoms with Crippen molar-refractivity contribution in [3.63, 3.8) is 0 Å². The highest BCUT2D eigenvalue weighted by Gasteiger charge is 2.29. The van der Waals surface area contributed by atoms with Crippen LogP contribution >= 0.6 is 0 Å². The summed E-state index contributed by atoms with van der Waals surface area (Å²) in [5, 5.41) is 15.4. The first-order valence-corrected chi connectivity index (χ1v) is 12.9. The van der Waals surface area contributed by atoms with Crippen molar-refractivity contribution in [2.45, 2.75) is 63.3 Å². The minimum absolute atomic E-state index is 0.0278. The van der Waals surface area contributed by atoms with Gasteiger partial charge in [-0.3, -0.25) is 0 Å². The quantitative estimate of drug-likeness (QED) is 0.330. The topological polar surface area (TPSA) is 107 Å². The molecular weight excluding hydrogens is 472 g/mol. The largest absolute Gasteiger partial charge is 0.480 e. The molecule has 0 aliphatic carbocycles. The van der Waals surface area contributed by atoms with Crippen LogP contribution < -0.4 is 10.6 Å². The molecule has 0 aromatic carbocycles. The lowest BCUT2D eigenvalue weighted by atomic mass is 10.1. The fourth-order valence-corrected chi connectivity index (χ4v) is 4.67. The van der Waals surface area contributed by atoms with Crippen molar-refractivity contribution in [2.75, 3.05) is 58.3 Å². The van der Waals surface area contributed by atoms with Crippen molar-refractivity contribution in [3.8, 4) is 0 Å². The van der Waals surface area contributed by atoms with E-state index in [4.69, 9.17) is 9.72 Å². The molecule has 3 N–H and O–H groups in total. The SMILES string of the molecule is COCC(F)CN(CCCCc1ccc2c(n1)NCCC2)CCC(NC(=O)N1CCC(F)C1)C(=O)O. The number of carboxylic acid groups (broad SMARTS) is 1. The van der Waals surface area contributed by atoms with E-state index in [1.165, 1.54) is 17.6 Å². The van der Waals surface area contributed by atoms with E-state index < -0.39 is 30.4 Å². The van der Waals surface area contributed by atoms with Gasteiger partial charge in [0.05, 0.1) is 13.2 Å². The summed E-state index contributed by atoms with van der Waals surface area (Å²) in [5.74, 6) is -0.196. The number of alkyl halides is 2. The van der Waals surface area contributed by atoms with E-state index in [0.717, 1.165) is 50.2 Å². The number of pyridine rings is 1. The van der Waals surface area contributed by atoms with Gasteiger partial charge in [-0.2, -0.15) is 0 Å². The molecule has 3 unspecified atom stereocenters. The Kier molecular flexibility index (Phi) is 11.1. The summed E-state index contributed by atoms with van der Waals surface area (Å²) in [5.41, 5.74) is 2.26. The molecule has 36 heavy (non-hydrogen) atoms. The number of hydrogen-bond donors (Lipinski definition) is 3. The molecule has 0 bridgehead atoms. The summed E-state index contributed by atoms with van der Waals surface area (Å²) in [6, 6.07) is 2.48. The smallest absolute Gasteiger partial charge is 0.326 e. The van der Waals surface area contributed by atoms with Gasteiger partial charge in [-0.05, 0) is 63.1 Å². The summed E-state index contributed by atoms with van der Waals surface area (Å²) in [4.78, 5) is 32.0. The molecule has 1 fully saturated rings. The number of fused-ring (bicyclic) bond motifs is 1. The van der Waals surface area contributed by atoms with Crippen LogP contribution in [0.1, 0.15) is 43.4 Å². The van der Waals surface area contributed by atoms with E-state index in [1.54, 1.807) is 0 Å². The number of unbranched alkanes of at least 4 members (excludes halogenated alkanes) is 1. The van der Waals surface area contributed by atoms with Crippen LogP contribution in [0.15, 0.2) is 12.1 Å². The van der Waals surface area contributed by atoms with E-state index in [9.17, 15) is 23.5 Å². The Morgan fingerprint density at radius 3 is 2.92 bits per heavy atom. The van der Waals surface area contributed by atoms with Crippen LogP contribution in [0.2, 0.25) is 0 Å². The molecule has 3 rings (SSSR count). The number of carbonyl (C=O) groups excluding carboxylic acids is 1. The number of nitrogens with zero attached hydrogens (tertiary/aromatic N) is 3. The zero-order chi connectivity index (χ0) is 25.9. The summed E-state index contributed by atoms with van der Waals surface area (Å²) in [7, 11) is 1.44. The number of rotatable bonds is 14. The monoisotopic (exact) mass is 511 g/mol. The lowest BCUT2D eigenvalue weighted by Gasteiger charge is -2.26. The third kappa shape index (κ3) is 8.85. The minimum Gasteiger partial charge on any atom is -0.480 e. The first kappa shape index (κ1) is 28.0. The number of hydrogen-bond acceptors (Lipinski definition) is 6. The molecule has 3 atom stereocenters. The predicted octanol–water partition coefficient (Wildman–Crippen LogP) is 2.65. The Balaban J connectivity index is 1.48. The van der Waals surface area contributed by atoms with Crippen LogP contribution in [-0.4, -0.2) is 103 Å². The normalized spacial score (nSPS) is 19.0. The number of aryl methyl sites for hydroxylation is 2. The van der Waals surface area contributed by atoms with Crippen LogP contribution in [0, 0.1) is 0 Å². The molecule has 3 heterocycles. The van der Waals surface area contributed by atoms with Gasteiger partial charge in [0.2, 0.25) is 0 Å². The third-order valence-corrected chi connectivity index (χ3v) is 6.66. The number of amides is 2. The number of ether oxygens (including phenoxy) is 1. The number of carbonyl (C=O) groups is 2. The van der Waals surface area contributed by atoms with Gasteiger partial charge in [0.1, 0.15) is 24.2 Å². The molecule has 1 aromatic rings. The lowest BCUT2D eigenvalue weighted by Crippen LogP contribution is -2.48. The molecule has 2 aliphatic heterocycles. The number of halogens is 2. The Morgan fingerprint density at radius 2 is 2.19 bits per heavy atom. The van der Waals surface area contributed by atoms with Gasteiger partial charge in [0.25, 0.3) is 0 Å². The zero-order valence-corrected chi connectivity index (χ0v) is 21.1. The van der Waals surface area contributed by atoms with Crippen molar-refractivity contribution in [3.05, 3.63) is 23.4 Å². The second-order valence-electron chi connectivity index (χ2n) is 9.61. The zero-order valence-electron chi connectivity index (χ0n) is 21.1. The number of aliphatic carboxylic acids is 1. The van der Waals surface area contributed by atoms with Gasteiger partial charge >= 0.3 is 12.0 Å². The average molecular weight is 512 g/mol. The van der Waals surface area contributed by atoms with Crippen molar-refractivity contribution in [2.24, 2.45) is 0 Å². The fourth-order valence-electron chi connectivity index (χ4n) is 4.67. The first-order valence-electron chi connectivity index (χ1n) is 12.9. The van der Waals surface area contributed by atoms with Gasteiger partial charge in [0, 0.05) is 39.0 Å². The van der Waals surface area contributed by atoms with Crippen molar-refractivity contribution >= 4 is 17.8 Å². The van der Waals surface area contributed by atoms with E-state index >= 15 is 0 Å². The molecule has 2 aliphatic rings. The van der Waals surface area contributed by atoms with Crippen molar-refractivity contribution in [1.82, 2.24) is 20.1 Å². The Bertz CT molecular complexity index is 862. The Labute approximate surface area is 211 Å². The second kappa shape index (κ2) is 14.3. The summed E-state index contributed by atoms with van der Waals surface area (Å²) in [6.07, 6.45) is 2.72. The molecule has 202 valence electrons. The van der Waals surface area contributed by atoms with Crippen molar-refractivity contribution < 1.29 is 28.2 Å². The molecule has 1 saturated heterocycles. The predicted molar refractivity (Wildman–Crippen MR) is 133 cm³/mol. The number of nitrogens with one attached hydrogen (secondary N) is 2. The number of methoxy groups -OCH3 is 1. The average Bonchev–Trinajstić information content (AvgIpc) is 3.30. The van der Waals surface area contributed by atoms with E-state index in [1.807, 2.05) is 4.90 Å². The van der Waals surface area contributed by atoms with Gasteiger partial charge in [-0.1, -0.05) is 6.07 Å². The van der Waals surface area contributed by atoms with Gasteiger partial charge in [-0.25, -0.2) is 23.4 Å². The first-order chi connectivity index (χ1) is 17.4. The summed E-state index contributed by atoms with van der Waals surface area (Å²) < 4.78 is 32.6. The summed E-state index contributed by atoms with van der Waals surface area (Å²) >= 11 is 0. The van der Waals surface area contributed by atoms with Crippen LogP contribution in [0.25, 0.3) is 0 Å². The molecule has 0 saturated carbocycles. The summed E-state index contributed by atoms with van der Waals surface area (Å²) in [6.45, 7) is 2.14. The highest BCUT2D eigenvalue weighted by molar-refractivity contribution is 5.82. The van der Waals surface area contributed by atoms with Crippen LogP contribution in [0.5, 0.6) is 0 Å². The van der Waals surface area contributed by atoms with Crippen LogP contribution in [0.4, 0.5) is 19.4 Å². The van der Waals surface area contributed by atoms with Gasteiger partial charge in [0.15, 0.2) is 0 Å². The molecule has 2 amide bonds. The molecule has 0 spiro atoms. The molecular formula is C25H39F2N5O4. The number of likely N-dealkylation sites (tertiary alicyclic amines) is 1. The second-order valence-corrected chi connectivity index (χ2v) is 9.61. The maximum atomic E-state index is 14.3. The van der Waals surface area contributed by atoms with Crippen LogP contribution in [-0.2, 0) is 22.4 Å². The molecule has 1 aromatic heterocycles. The van der Waals surface area contributed by atoms with Gasteiger partial charge < -0.3 is 30.3 Å². The van der Waals surface area contributed by atoms with E-state index in [0.29, 0.717) is 13.1 Å².